The maximum Gasteiger partial charge on any atom is 0.0836 e. The van der Waals surface area contributed by atoms with E-state index in [0.29, 0.717) is 0 Å². The summed E-state index contributed by atoms with van der Waals surface area (Å²) in [5.41, 5.74) is 2.08. The third-order valence-corrected chi connectivity index (χ3v) is 3.37. The highest BCUT2D eigenvalue weighted by atomic mass is 15.3. The molecule has 2 heterocycles. The second-order valence-corrected chi connectivity index (χ2v) is 4.49. The van der Waals surface area contributed by atoms with Crippen LogP contribution in [-0.4, -0.2) is 14.8 Å². The topological polar surface area (TPSA) is 30.7 Å². The molecule has 0 amide bonds. The zero-order valence-corrected chi connectivity index (χ0v) is 10.2. The van der Waals surface area contributed by atoms with Gasteiger partial charge in [0.05, 0.1) is 23.6 Å². The fourth-order valence-corrected chi connectivity index (χ4v) is 2.47. The van der Waals surface area contributed by atoms with Crippen LogP contribution in [0, 0.1) is 0 Å². The highest BCUT2D eigenvalue weighted by molar-refractivity contribution is 6.06. The van der Waals surface area contributed by atoms with Gasteiger partial charge in [0.2, 0.25) is 0 Å². The third kappa shape index (κ3) is 1.52. The summed E-state index contributed by atoms with van der Waals surface area (Å²) in [6.45, 7) is 0. The summed E-state index contributed by atoms with van der Waals surface area (Å²) in [7, 11) is 0. The minimum Gasteiger partial charge on any atom is -0.262 e. The molecule has 0 radical (unpaired) electrons. The van der Waals surface area contributed by atoms with Crippen LogP contribution >= 0.6 is 0 Å². The minimum absolute atomic E-state index is 0.979. The maximum atomic E-state index is 4.49. The first kappa shape index (κ1) is 10.3. The molecule has 0 aliphatic rings. The van der Waals surface area contributed by atoms with Crippen molar-refractivity contribution in [3.63, 3.8) is 0 Å². The Labute approximate surface area is 110 Å². The summed E-state index contributed by atoms with van der Waals surface area (Å²) in [6.07, 6.45) is 5.51. The Morgan fingerprint density at radius 1 is 0.789 bits per heavy atom. The lowest BCUT2D eigenvalue weighted by molar-refractivity contribution is 0.903. The predicted molar refractivity (Wildman–Crippen MR) is 76.4 cm³/mol. The van der Waals surface area contributed by atoms with Gasteiger partial charge in [-0.15, -0.1) is 0 Å². The second-order valence-electron chi connectivity index (χ2n) is 4.49. The Hall–Kier alpha value is -2.68. The molecule has 0 unspecified atom stereocenters. The molecule has 19 heavy (non-hydrogen) atoms. The second kappa shape index (κ2) is 3.92. The van der Waals surface area contributed by atoms with E-state index in [2.05, 4.69) is 46.5 Å². The summed E-state index contributed by atoms with van der Waals surface area (Å²) in [5, 5.41) is 8.13. The number of aromatic nitrogens is 3. The van der Waals surface area contributed by atoms with E-state index >= 15 is 0 Å². The van der Waals surface area contributed by atoms with E-state index in [9.17, 15) is 0 Å². The van der Waals surface area contributed by atoms with Crippen LogP contribution in [0.15, 0.2) is 67.1 Å². The van der Waals surface area contributed by atoms with E-state index in [4.69, 9.17) is 0 Å². The first-order valence-electron chi connectivity index (χ1n) is 6.19. The number of nitrogens with zero attached hydrogens (tertiary/aromatic N) is 3. The van der Waals surface area contributed by atoms with Crippen LogP contribution in [0.25, 0.3) is 27.4 Å². The normalized spacial score (nSPS) is 11.2. The molecule has 0 saturated heterocycles. The molecule has 0 bridgehead atoms. The van der Waals surface area contributed by atoms with Gasteiger partial charge in [0.25, 0.3) is 0 Å². The van der Waals surface area contributed by atoms with Crippen molar-refractivity contribution in [2.24, 2.45) is 0 Å². The zero-order chi connectivity index (χ0) is 12.7. The number of pyridine rings is 1. The summed E-state index contributed by atoms with van der Waals surface area (Å²) in [6, 6.07) is 16.5. The molecule has 2 aromatic carbocycles. The van der Waals surface area contributed by atoms with Crippen LogP contribution in [-0.2, 0) is 0 Å². The average molecular weight is 245 g/mol. The quantitative estimate of drug-likeness (QED) is 0.513. The van der Waals surface area contributed by atoms with Crippen LogP contribution in [0.2, 0.25) is 0 Å². The zero-order valence-electron chi connectivity index (χ0n) is 10.2. The smallest absolute Gasteiger partial charge is 0.0836 e. The fourth-order valence-electron chi connectivity index (χ4n) is 2.47. The highest BCUT2D eigenvalue weighted by Crippen LogP contribution is 2.26. The molecule has 0 aliphatic carbocycles. The molecule has 0 atom stereocenters. The van der Waals surface area contributed by atoms with E-state index in [1.165, 1.54) is 16.2 Å². The van der Waals surface area contributed by atoms with Crippen molar-refractivity contribution in [2.45, 2.75) is 0 Å². The fraction of sp³-hybridized carbons (Fsp3) is 0. The van der Waals surface area contributed by atoms with Gasteiger partial charge >= 0.3 is 0 Å². The van der Waals surface area contributed by atoms with E-state index in [-0.39, 0.29) is 0 Å². The lowest BCUT2D eigenvalue weighted by Gasteiger charge is -2.03. The van der Waals surface area contributed by atoms with E-state index < -0.39 is 0 Å². The summed E-state index contributed by atoms with van der Waals surface area (Å²) >= 11 is 0. The molecule has 90 valence electrons. The largest absolute Gasteiger partial charge is 0.262 e. The molecular weight excluding hydrogens is 234 g/mol. The maximum absolute atomic E-state index is 4.49. The number of benzene rings is 2. The Bertz CT molecular complexity index is 863. The SMILES string of the molecule is c1cncc(-n2ncc3c4ccccc4ccc32)c1. The van der Waals surface area contributed by atoms with Gasteiger partial charge in [-0.1, -0.05) is 30.3 Å². The van der Waals surface area contributed by atoms with Gasteiger partial charge in [0, 0.05) is 11.6 Å². The Morgan fingerprint density at radius 3 is 2.63 bits per heavy atom. The molecule has 0 aliphatic heterocycles. The molecule has 0 saturated carbocycles. The molecule has 0 fully saturated rings. The number of fused-ring (bicyclic) bond motifs is 3. The molecular formula is C16H11N3. The number of hydrogen-bond acceptors (Lipinski definition) is 2. The molecule has 2 aromatic heterocycles. The van der Waals surface area contributed by atoms with Crippen molar-refractivity contribution in [1.82, 2.24) is 14.8 Å². The highest BCUT2D eigenvalue weighted by Gasteiger charge is 2.07. The Morgan fingerprint density at radius 2 is 1.74 bits per heavy atom. The lowest BCUT2D eigenvalue weighted by atomic mass is 10.1. The van der Waals surface area contributed by atoms with Crippen LogP contribution < -0.4 is 0 Å². The van der Waals surface area contributed by atoms with Gasteiger partial charge in [-0.05, 0) is 29.0 Å². The number of hydrogen-bond donors (Lipinski definition) is 0. The number of rotatable bonds is 1. The van der Waals surface area contributed by atoms with Gasteiger partial charge < -0.3 is 0 Å². The van der Waals surface area contributed by atoms with Crippen molar-refractivity contribution in [3.05, 3.63) is 67.1 Å². The van der Waals surface area contributed by atoms with Crippen LogP contribution in [0.5, 0.6) is 0 Å². The van der Waals surface area contributed by atoms with Crippen molar-refractivity contribution in [3.8, 4) is 5.69 Å². The van der Waals surface area contributed by atoms with Crippen LogP contribution in [0.1, 0.15) is 0 Å². The van der Waals surface area contributed by atoms with Crippen molar-refractivity contribution >= 4 is 21.7 Å². The van der Waals surface area contributed by atoms with Crippen LogP contribution in [0.4, 0.5) is 0 Å². The van der Waals surface area contributed by atoms with E-state index in [1.807, 2.05) is 29.2 Å². The van der Waals surface area contributed by atoms with E-state index in [0.717, 1.165) is 11.2 Å². The van der Waals surface area contributed by atoms with Gasteiger partial charge in [-0.3, -0.25) is 4.98 Å². The molecule has 3 nitrogen and oxygen atoms in total. The first-order valence-corrected chi connectivity index (χ1v) is 6.19. The first-order chi connectivity index (χ1) is 9.43. The van der Waals surface area contributed by atoms with Crippen molar-refractivity contribution in [2.75, 3.05) is 0 Å². The van der Waals surface area contributed by atoms with Crippen LogP contribution in [0.3, 0.4) is 0 Å². The van der Waals surface area contributed by atoms with Crippen molar-refractivity contribution < 1.29 is 0 Å². The molecule has 0 spiro atoms. The van der Waals surface area contributed by atoms with Gasteiger partial charge in [-0.25, -0.2) is 4.68 Å². The van der Waals surface area contributed by atoms with E-state index in [1.54, 1.807) is 6.20 Å². The lowest BCUT2D eigenvalue weighted by Crippen LogP contribution is -1.95. The monoisotopic (exact) mass is 245 g/mol. The van der Waals surface area contributed by atoms with Gasteiger partial charge in [0.1, 0.15) is 0 Å². The molecule has 4 rings (SSSR count). The predicted octanol–water partition coefficient (Wildman–Crippen LogP) is 3.57. The van der Waals surface area contributed by atoms with Gasteiger partial charge in [0.15, 0.2) is 0 Å². The summed E-state index contributed by atoms with van der Waals surface area (Å²) in [4.78, 5) is 4.15. The van der Waals surface area contributed by atoms with Gasteiger partial charge in [-0.2, -0.15) is 5.10 Å². The Kier molecular flexibility index (Phi) is 2.12. The molecule has 4 aromatic rings. The Balaban J connectivity index is 2.08. The molecule has 0 N–H and O–H groups in total. The standard InChI is InChI=1S/C16H11N3/c1-2-6-14-12(4-1)7-8-16-15(14)11-18-19(16)13-5-3-9-17-10-13/h1-11H. The third-order valence-electron chi connectivity index (χ3n) is 3.37. The summed E-state index contributed by atoms with van der Waals surface area (Å²) < 4.78 is 1.93. The molecule has 3 heteroatoms. The van der Waals surface area contributed by atoms with Crippen molar-refractivity contribution in [1.29, 1.82) is 0 Å². The summed E-state index contributed by atoms with van der Waals surface area (Å²) in [5.74, 6) is 0. The average Bonchev–Trinajstić information content (AvgIpc) is 2.92. The minimum atomic E-state index is 0.979.